The Balaban J connectivity index is 3.15. The molecule has 0 N–H and O–H groups in total. The Morgan fingerprint density at radius 3 is 2.62 bits per heavy atom. The largest absolute Gasteiger partial charge is 0.299 e. The molecule has 1 aromatic rings. The van der Waals surface area contributed by atoms with E-state index in [0.717, 1.165) is 5.56 Å². The number of nitriles is 1. The predicted octanol–water partition coefficient (Wildman–Crippen LogP) is 2.25. The summed E-state index contributed by atoms with van der Waals surface area (Å²) in [6.07, 6.45) is 0. The molecule has 0 aliphatic heterocycles. The van der Waals surface area contributed by atoms with Crippen molar-refractivity contribution >= 4 is 5.78 Å². The second-order valence-electron chi connectivity index (χ2n) is 3.03. The van der Waals surface area contributed by atoms with Gasteiger partial charge in [0.15, 0.2) is 0 Å². The third kappa shape index (κ3) is 1.94. The normalized spacial score (nSPS) is 11.8. The van der Waals surface area contributed by atoms with Crippen molar-refractivity contribution in [3.05, 3.63) is 35.4 Å². The molecule has 0 heterocycles. The van der Waals surface area contributed by atoms with Crippen molar-refractivity contribution in [2.75, 3.05) is 0 Å². The molecule has 2 heteroatoms. The van der Waals surface area contributed by atoms with E-state index in [1.54, 1.807) is 19.1 Å². The van der Waals surface area contributed by atoms with Gasteiger partial charge in [0, 0.05) is 5.92 Å². The van der Waals surface area contributed by atoms with Gasteiger partial charge < -0.3 is 0 Å². The maximum atomic E-state index is 11.1. The summed E-state index contributed by atoms with van der Waals surface area (Å²) in [5.41, 5.74) is 1.41. The summed E-state index contributed by atoms with van der Waals surface area (Å²) in [6, 6.07) is 9.28. The molecule has 1 unspecified atom stereocenters. The first-order valence-electron chi connectivity index (χ1n) is 4.16. The Morgan fingerprint density at radius 2 is 2.08 bits per heavy atom. The van der Waals surface area contributed by atoms with Gasteiger partial charge in [-0.15, -0.1) is 0 Å². The zero-order valence-electron chi connectivity index (χ0n) is 7.74. The third-order valence-corrected chi connectivity index (χ3v) is 2.16. The van der Waals surface area contributed by atoms with E-state index in [2.05, 4.69) is 6.07 Å². The van der Waals surface area contributed by atoms with Gasteiger partial charge in [0.2, 0.25) is 0 Å². The fraction of sp³-hybridized carbons (Fsp3) is 0.273. The zero-order valence-corrected chi connectivity index (χ0v) is 7.74. The molecule has 0 aliphatic carbocycles. The van der Waals surface area contributed by atoms with Crippen molar-refractivity contribution < 1.29 is 4.79 Å². The van der Waals surface area contributed by atoms with Gasteiger partial charge in [-0.2, -0.15) is 5.26 Å². The second kappa shape index (κ2) is 3.86. The summed E-state index contributed by atoms with van der Waals surface area (Å²) < 4.78 is 0. The second-order valence-corrected chi connectivity index (χ2v) is 3.03. The van der Waals surface area contributed by atoms with Gasteiger partial charge in [-0.3, -0.25) is 4.79 Å². The van der Waals surface area contributed by atoms with Gasteiger partial charge in [0.1, 0.15) is 5.78 Å². The van der Waals surface area contributed by atoms with E-state index in [4.69, 9.17) is 5.26 Å². The summed E-state index contributed by atoms with van der Waals surface area (Å²) in [5.74, 6) is -0.0986. The minimum Gasteiger partial charge on any atom is -0.299 e. The number of rotatable bonds is 2. The maximum absolute atomic E-state index is 11.1. The van der Waals surface area contributed by atoms with Crippen LogP contribution < -0.4 is 0 Å². The van der Waals surface area contributed by atoms with Crippen molar-refractivity contribution in [3.63, 3.8) is 0 Å². The van der Waals surface area contributed by atoms with Crippen LogP contribution in [0.5, 0.6) is 0 Å². The molecule has 0 amide bonds. The number of benzene rings is 1. The summed E-state index contributed by atoms with van der Waals surface area (Å²) in [5, 5.41) is 8.79. The molecule has 13 heavy (non-hydrogen) atoms. The van der Waals surface area contributed by atoms with Crippen LogP contribution in [0.2, 0.25) is 0 Å². The van der Waals surface area contributed by atoms with Gasteiger partial charge in [0.25, 0.3) is 0 Å². The lowest BCUT2D eigenvalue weighted by molar-refractivity contribution is -0.118. The van der Waals surface area contributed by atoms with Gasteiger partial charge >= 0.3 is 0 Å². The quantitative estimate of drug-likeness (QED) is 0.688. The van der Waals surface area contributed by atoms with E-state index >= 15 is 0 Å². The van der Waals surface area contributed by atoms with E-state index in [1.807, 2.05) is 19.1 Å². The Bertz CT molecular complexity index is 363. The standard InChI is InChI=1S/C11H11NO/c1-8(9(2)13)11-6-4-3-5-10(11)7-12/h3-6,8H,1-2H3. The minimum absolute atomic E-state index is 0.0858. The molecule has 1 rings (SSSR count). The van der Waals surface area contributed by atoms with Crippen molar-refractivity contribution in [1.29, 1.82) is 5.26 Å². The van der Waals surface area contributed by atoms with Gasteiger partial charge in [0.05, 0.1) is 11.6 Å². The van der Waals surface area contributed by atoms with Crippen LogP contribution in [0.4, 0.5) is 0 Å². The van der Waals surface area contributed by atoms with Crippen LogP contribution >= 0.6 is 0 Å². The molecular weight excluding hydrogens is 162 g/mol. The number of hydrogen-bond acceptors (Lipinski definition) is 2. The van der Waals surface area contributed by atoms with Crippen LogP contribution in [-0.2, 0) is 4.79 Å². The van der Waals surface area contributed by atoms with Crippen molar-refractivity contribution in [1.82, 2.24) is 0 Å². The van der Waals surface area contributed by atoms with E-state index in [1.165, 1.54) is 0 Å². The van der Waals surface area contributed by atoms with Crippen LogP contribution in [0.3, 0.4) is 0 Å². The molecule has 0 spiro atoms. The number of carbonyl (C=O) groups excluding carboxylic acids is 1. The SMILES string of the molecule is CC(=O)C(C)c1ccccc1C#N. The number of nitrogens with zero attached hydrogens (tertiary/aromatic N) is 1. The van der Waals surface area contributed by atoms with Gasteiger partial charge in [-0.1, -0.05) is 25.1 Å². The van der Waals surface area contributed by atoms with Crippen LogP contribution in [0.15, 0.2) is 24.3 Å². The number of hydrogen-bond donors (Lipinski definition) is 0. The average Bonchev–Trinajstić information content (AvgIpc) is 2.16. The van der Waals surface area contributed by atoms with Crippen LogP contribution in [0.25, 0.3) is 0 Å². The molecule has 1 aromatic carbocycles. The van der Waals surface area contributed by atoms with Crippen molar-refractivity contribution in [2.45, 2.75) is 19.8 Å². The highest BCUT2D eigenvalue weighted by Crippen LogP contribution is 2.19. The molecule has 0 saturated heterocycles. The Morgan fingerprint density at radius 1 is 1.46 bits per heavy atom. The summed E-state index contributed by atoms with van der Waals surface area (Å²) in [4.78, 5) is 11.1. The van der Waals surface area contributed by atoms with Crippen LogP contribution in [0.1, 0.15) is 30.9 Å². The summed E-state index contributed by atoms with van der Waals surface area (Å²) >= 11 is 0. The molecular formula is C11H11NO. The summed E-state index contributed by atoms with van der Waals surface area (Å²) in [7, 11) is 0. The number of ketones is 1. The monoisotopic (exact) mass is 173 g/mol. The first-order valence-corrected chi connectivity index (χ1v) is 4.16. The Kier molecular flexibility index (Phi) is 2.81. The molecule has 66 valence electrons. The molecule has 0 aliphatic rings. The molecule has 0 bridgehead atoms. The van der Waals surface area contributed by atoms with Crippen molar-refractivity contribution in [3.8, 4) is 6.07 Å². The summed E-state index contributed by atoms with van der Waals surface area (Å²) in [6.45, 7) is 3.36. The molecule has 0 radical (unpaired) electrons. The van der Waals surface area contributed by atoms with Crippen LogP contribution in [-0.4, -0.2) is 5.78 Å². The lowest BCUT2D eigenvalue weighted by atomic mass is 9.93. The van der Waals surface area contributed by atoms with Crippen molar-refractivity contribution in [2.24, 2.45) is 0 Å². The highest BCUT2D eigenvalue weighted by molar-refractivity contribution is 5.83. The first-order chi connectivity index (χ1) is 6.16. The molecule has 0 fully saturated rings. The maximum Gasteiger partial charge on any atom is 0.137 e. The topological polar surface area (TPSA) is 40.9 Å². The highest BCUT2D eigenvalue weighted by Gasteiger charge is 2.13. The van der Waals surface area contributed by atoms with Crippen LogP contribution in [0, 0.1) is 11.3 Å². The number of Topliss-reactive ketones (excluding diaryl/α,β-unsaturated/α-hetero) is 1. The van der Waals surface area contributed by atoms with E-state index in [9.17, 15) is 4.79 Å². The minimum atomic E-state index is -0.184. The smallest absolute Gasteiger partial charge is 0.137 e. The fourth-order valence-electron chi connectivity index (χ4n) is 1.20. The Hall–Kier alpha value is -1.62. The highest BCUT2D eigenvalue weighted by atomic mass is 16.1. The lowest BCUT2D eigenvalue weighted by Crippen LogP contribution is -2.05. The number of carbonyl (C=O) groups is 1. The third-order valence-electron chi connectivity index (χ3n) is 2.16. The lowest BCUT2D eigenvalue weighted by Gasteiger charge is -2.08. The fourth-order valence-corrected chi connectivity index (χ4v) is 1.20. The Labute approximate surface area is 77.8 Å². The van der Waals surface area contributed by atoms with Gasteiger partial charge in [-0.05, 0) is 18.6 Å². The molecule has 1 atom stereocenters. The molecule has 0 aromatic heterocycles. The first kappa shape index (κ1) is 9.47. The predicted molar refractivity (Wildman–Crippen MR) is 50.3 cm³/mol. The zero-order chi connectivity index (χ0) is 9.84. The van der Waals surface area contributed by atoms with E-state index < -0.39 is 0 Å². The van der Waals surface area contributed by atoms with E-state index in [-0.39, 0.29) is 11.7 Å². The van der Waals surface area contributed by atoms with Gasteiger partial charge in [-0.25, -0.2) is 0 Å². The average molecular weight is 173 g/mol. The molecule has 2 nitrogen and oxygen atoms in total. The molecule has 0 saturated carbocycles. The van der Waals surface area contributed by atoms with E-state index in [0.29, 0.717) is 5.56 Å².